The molecule has 0 bridgehead atoms. The average molecular weight is 254 g/mol. The summed E-state index contributed by atoms with van der Waals surface area (Å²) in [4.78, 5) is 23.4. The lowest BCUT2D eigenvalue weighted by atomic mass is 10.7. The van der Waals surface area contributed by atoms with Gasteiger partial charge in [-0.1, -0.05) is 13.2 Å². The van der Waals surface area contributed by atoms with Crippen molar-refractivity contribution in [3.8, 4) is 0 Å². The van der Waals surface area contributed by atoms with Crippen molar-refractivity contribution in [3.05, 3.63) is 39.1 Å². The zero-order valence-corrected chi connectivity index (χ0v) is 10.6. The summed E-state index contributed by atoms with van der Waals surface area (Å²) in [7, 11) is 3.31. The minimum Gasteiger partial charge on any atom is -0.302 e. The Hall–Kier alpha value is -1.40. The highest BCUT2D eigenvalue weighted by Crippen LogP contribution is 1.95. The maximum Gasteiger partial charge on any atom is 0.271 e. The fourth-order valence-corrected chi connectivity index (χ4v) is 3.35. The normalized spacial score (nSPS) is 13.1. The molecule has 4 nitrogen and oxygen atoms in total. The molecule has 0 aliphatic rings. The van der Waals surface area contributed by atoms with Crippen molar-refractivity contribution in [2.75, 3.05) is 0 Å². The topological polar surface area (TPSA) is 44.0 Å². The molecule has 2 aromatic rings. The molecule has 0 spiro atoms. The summed E-state index contributed by atoms with van der Waals surface area (Å²) in [6, 6.07) is 0. The van der Waals surface area contributed by atoms with Gasteiger partial charge in [-0.15, -0.1) is 22.7 Å². The van der Waals surface area contributed by atoms with Crippen LogP contribution in [0.2, 0.25) is 0 Å². The predicted octanol–water partition coefficient (Wildman–Crippen LogP) is -0.685. The third-order valence-electron chi connectivity index (χ3n) is 2.35. The van der Waals surface area contributed by atoms with Crippen LogP contribution in [0.3, 0.4) is 0 Å². The first-order valence-electron chi connectivity index (χ1n) is 4.47. The van der Waals surface area contributed by atoms with Crippen molar-refractivity contribution < 1.29 is 0 Å². The van der Waals surface area contributed by atoms with Crippen LogP contribution in [-0.4, -0.2) is 9.13 Å². The minimum absolute atomic E-state index is 0.119. The van der Waals surface area contributed by atoms with Gasteiger partial charge >= 0.3 is 0 Å². The van der Waals surface area contributed by atoms with Gasteiger partial charge in [0.1, 0.15) is 9.20 Å². The summed E-state index contributed by atoms with van der Waals surface area (Å²) in [5.74, 6) is 0. The molecule has 16 heavy (non-hydrogen) atoms. The highest BCUT2D eigenvalue weighted by molar-refractivity contribution is 7.11. The molecule has 0 fully saturated rings. The molecule has 0 aromatic carbocycles. The van der Waals surface area contributed by atoms with E-state index in [9.17, 15) is 9.59 Å². The number of hydrogen-bond donors (Lipinski definition) is 0. The largest absolute Gasteiger partial charge is 0.302 e. The molecule has 2 rings (SSSR count). The van der Waals surface area contributed by atoms with E-state index in [1.807, 2.05) is 0 Å². The smallest absolute Gasteiger partial charge is 0.271 e. The third kappa shape index (κ3) is 1.42. The summed E-state index contributed by atoms with van der Waals surface area (Å²) in [5.41, 5.74) is -0.270. The second-order valence-electron chi connectivity index (χ2n) is 3.38. The molecule has 0 aliphatic heterocycles. The maximum atomic E-state index is 11.9. The van der Waals surface area contributed by atoms with Gasteiger partial charge in [0.2, 0.25) is 0 Å². The second-order valence-corrected chi connectivity index (χ2v) is 5.55. The summed E-state index contributed by atoms with van der Waals surface area (Å²) in [5, 5.41) is 0. The highest BCUT2D eigenvalue weighted by atomic mass is 32.1. The molecular formula is C10H10N2O2S2. The molecule has 0 saturated carbocycles. The molecule has 0 unspecified atom stereocenters. The van der Waals surface area contributed by atoms with Crippen molar-refractivity contribution >= 4 is 35.8 Å². The number of hydrogen-bond acceptors (Lipinski definition) is 4. The lowest BCUT2D eigenvalue weighted by Gasteiger charge is -1.84. The van der Waals surface area contributed by atoms with Crippen LogP contribution in [0.15, 0.2) is 9.59 Å². The van der Waals surface area contributed by atoms with Gasteiger partial charge < -0.3 is 9.13 Å². The number of rotatable bonds is 0. The minimum atomic E-state index is -0.152. The van der Waals surface area contributed by atoms with E-state index >= 15 is 0 Å². The van der Waals surface area contributed by atoms with Crippen molar-refractivity contribution in [2.45, 2.75) is 0 Å². The van der Waals surface area contributed by atoms with Gasteiger partial charge in [0.25, 0.3) is 11.1 Å². The van der Waals surface area contributed by atoms with Crippen molar-refractivity contribution in [1.29, 1.82) is 0 Å². The van der Waals surface area contributed by atoms with Crippen LogP contribution in [0.4, 0.5) is 0 Å². The van der Waals surface area contributed by atoms with Crippen molar-refractivity contribution in [1.82, 2.24) is 9.13 Å². The monoisotopic (exact) mass is 254 g/mol. The predicted molar refractivity (Wildman–Crippen MR) is 67.1 cm³/mol. The second kappa shape index (κ2) is 3.57. The molecule has 0 N–H and O–H groups in total. The van der Waals surface area contributed by atoms with Crippen LogP contribution >= 0.6 is 22.7 Å². The number of aromatic nitrogens is 2. The summed E-state index contributed by atoms with van der Waals surface area (Å²) in [6.45, 7) is 7.42. The van der Waals surface area contributed by atoms with E-state index in [4.69, 9.17) is 0 Å². The SMILES string of the molecule is C=c1s/c(=c2/sc(=C)n(C)c2=O)n(C)c1=O. The molecule has 0 amide bonds. The van der Waals surface area contributed by atoms with Gasteiger partial charge in [-0.2, -0.15) is 0 Å². The van der Waals surface area contributed by atoms with Crippen LogP contribution < -0.4 is 20.3 Å². The zero-order valence-electron chi connectivity index (χ0n) is 8.94. The molecule has 0 radical (unpaired) electrons. The van der Waals surface area contributed by atoms with Crippen LogP contribution in [0.1, 0.15) is 0 Å². The first-order valence-corrected chi connectivity index (χ1v) is 6.10. The Morgan fingerprint density at radius 3 is 2.00 bits per heavy atom. The van der Waals surface area contributed by atoms with E-state index in [0.717, 1.165) is 0 Å². The van der Waals surface area contributed by atoms with Crippen LogP contribution in [-0.2, 0) is 14.1 Å². The van der Waals surface area contributed by atoms with E-state index in [1.54, 1.807) is 14.1 Å². The molecule has 0 aliphatic carbocycles. The Morgan fingerprint density at radius 2 is 1.62 bits per heavy atom. The third-order valence-corrected chi connectivity index (χ3v) is 4.66. The molecule has 84 valence electrons. The first-order chi connectivity index (χ1) is 7.43. The van der Waals surface area contributed by atoms with Crippen LogP contribution in [0.25, 0.3) is 13.2 Å². The van der Waals surface area contributed by atoms with Gasteiger partial charge in [0.15, 0.2) is 0 Å². The van der Waals surface area contributed by atoms with Gasteiger partial charge in [-0.3, -0.25) is 9.59 Å². The standard InChI is InChI=1S/C10H10N2O2S2/c1-5-8(13)12(4)10(15-5)7-9(14)11(3)6(2)16-7/h1-2H2,3-4H3/b10-7+. The lowest BCUT2D eigenvalue weighted by molar-refractivity contribution is 0.838. The van der Waals surface area contributed by atoms with E-state index in [1.165, 1.54) is 31.8 Å². The van der Waals surface area contributed by atoms with Crippen LogP contribution in [0, 0.1) is 9.20 Å². The fourth-order valence-electron chi connectivity index (χ4n) is 1.34. The summed E-state index contributed by atoms with van der Waals surface area (Å²) in [6.07, 6.45) is 0. The Balaban J connectivity index is 3.29. The van der Waals surface area contributed by atoms with Gasteiger partial charge in [0, 0.05) is 14.1 Å². The molecule has 2 heterocycles. The quantitative estimate of drug-likeness (QED) is 0.625. The van der Waals surface area contributed by atoms with E-state index in [2.05, 4.69) is 13.2 Å². The summed E-state index contributed by atoms with van der Waals surface area (Å²) >= 11 is 2.53. The number of nitrogens with zero attached hydrogens (tertiary/aromatic N) is 2. The van der Waals surface area contributed by atoms with E-state index < -0.39 is 0 Å². The molecule has 6 heteroatoms. The van der Waals surface area contributed by atoms with Crippen molar-refractivity contribution in [3.63, 3.8) is 0 Å². The van der Waals surface area contributed by atoms with Gasteiger partial charge in [0.05, 0.1) is 9.20 Å². The van der Waals surface area contributed by atoms with E-state index in [0.29, 0.717) is 18.4 Å². The summed E-state index contributed by atoms with van der Waals surface area (Å²) < 4.78 is 5.25. The average Bonchev–Trinajstić information content (AvgIpc) is 2.64. The Kier molecular flexibility index (Phi) is 2.47. The molecule has 0 saturated heterocycles. The van der Waals surface area contributed by atoms with Gasteiger partial charge in [-0.25, -0.2) is 0 Å². The van der Waals surface area contributed by atoms with E-state index in [-0.39, 0.29) is 11.1 Å². The Morgan fingerprint density at radius 1 is 1.00 bits per heavy atom. The fraction of sp³-hybridized carbons (Fsp3) is 0.200. The molecule has 2 aromatic heterocycles. The van der Waals surface area contributed by atoms with Gasteiger partial charge in [-0.05, 0) is 0 Å². The lowest BCUT2D eigenvalue weighted by Crippen LogP contribution is -2.24. The first kappa shape index (κ1) is 11.1. The Labute approximate surface area is 98.3 Å². The maximum absolute atomic E-state index is 11.9. The number of thiazole rings is 2. The van der Waals surface area contributed by atoms with Crippen molar-refractivity contribution in [2.24, 2.45) is 14.1 Å². The molecular weight excluding hydrogens is 244 g/mol. The Bertz CT molecular complexity index is 851. The molecule has 0 atom stereocenters. The van der Waals surface area contributed by atoms with Crippen LogP contribution in [0.5, 0.6) is 0 Å². The zero-order chi connectivity index (χ0) is 12.0. The highest BCUT2D eigenvalue weighted by Gasteiger charge is 2.04.